The van der Waals surface area contributed by atoms with Gasteiger partial charge in [-0.1, -0.05) is 17.7 Å². The molecule has 0 saturated carbocycles. The second kappa shape index (κ2) is 7.44. The Bertz CT molecular complexity index is 567. The number of benzene rings is 1. The first-order valence-electron chi connectivity index (χ1n) is 5.79. The van der Waals surface area contributed by atoms with Crippen molar-refractivity contribution in [2.75, 3.05) is 0 Å². The first-order chi connectivity index (χ1) is 9.79. The van der Waals surface area contributed by atoms with Gasteiger partial charge >= 0.3 is 12.0 Å². The van der Waals surface area contributed by atoms with Crippen LogP contribution in [0.1, 0.15) is 12.0 Å². The minimum atomic E-state index is -1.42. The summed E-state index contributed by atoms with van der Waals surface area (Å²) in [6, 6.07) is 1.67. The van der Waals surface area contributed by atoms with Crippen molar-refractivity contribution < 1.29 is 23.9 Å². The molecule has 0 saturated heterocycles. The van der Waals surface area contributed by atoms with Crippen LogP contribution in [0.3, 0.4) is 0 Å². The number of carboxylic acid groups (broad SMARTS) is 1. The molecule has 0 fully saturated rings. The van der Waals surface area contributed by atoms with Crippen LogP contribution in [-0.4, -0.2) is 29.1 Å². The van der Waals surface area contributed by atoms with E-state index in [0.717, 1.165) is 6.07 Å². The monoisotopic (exact) mass is 317 g/mol. The van der Waals surface area contributed by atoms with Gasteiger partial charge < -0.3 is 21.5 Å². The van der Waals surface area contributed by atoms with Crippen LogP contribution >= 0.6 is 11.6 Å². The highest BCUT2D eigenvalue weighted by Gasteiger charge is 2.21. The Labute approximate surface area is 124 Å². The van der Waals surface area contributed by atoms with Crippen LogP contribution < -0.4 is 16.4 Å². The van der Waals surface area contributed by atoms with Crippen molar-refractivity contribution in [3.05, 3.63) is 34.6 Å². The lowest BCUT2D eigenvalue weighted by Gasteiger charge is -2.13. The predicted molar refractivity (Wildman–Crippen MR) is 72.0 cm³/mol. The smallest absolute Gasteiger partial charge is 0.326 e. The summed E-state index contributed by atoms with van der Waals surface area (Å²) >= 11 is 5.58. The number of carboxylic acids is 1. The Morgan fingerprint density at radius 3 is 2.57 bits per heavy atom. The molecule has 7 nitrogen and oxygen atoms in total. The first kappa shape index (κ1) is 16.7. The number of hydrogen-bond acceptors (Lipinski definition) is 3. The van der Waals surface area contributed by atoms with Crippen LogP contribution in [0.25, 0.3) is 0 Å². The van der Waals surface area contributed by atoms with Gasteiger partial charge in [0, 0.05) is 6.54 Å². The summed E-state index contributed by atoms with van der Waals surface area (Å²) in [7, 11) is 0. The standard InChI is InChI=1S/C12H13ClFN3O4/c13-7-3-6(1-2-8(7)14)5-16-12(21)17-9(11(19)20)4-10(15)18/h1-3,9H,4-5H2,(H2,15,18)(H,19,20)(H2,16,17,21)/t9-/m1/s1. The quantitative estimate of drug-likeness (QED) is 0.614. The molecular formula is C12H13ClFN3O4. The number of nitrogens with one attached hydrogen (secondary N) is 2. The van der Waals surface area contributed by atoms with Gasteiger partial charge in [0.25, 0.3) is 0 Å². The van der Waals surface area contributed by atoms with Gasteiger partial charge in [0.1, 0.15) is 11.9 Å². The maximum Gasteiger partial charge on any atom is 0.326 e. The summed E-state index contributed by atoms with van der Waals surface area (Å²) < 4.78 is 12.9. The summed E-state index contributed by atoms with van der Waals surface area (Å²) in [5, 5.41) is 13.2. The zero-order chi connectivity index (χ0) is 16.0. The molecule has 0 radical (unpaired) electrons. The average molecular weight is 318 g/mol. The third kappa shape index (κ3) is 5.65. The Kier molecular flexibility index (Phi) is 5.92. The fraction of sp³-hybridized carbons (Fsp3) is 0.250. The molecule has 0 heterocycles. The zero-order valence-corrected chi connectivity index (χ0v) is 11.5. The van der Waals surface area contributed by atoms with E-state index >= 15 is 0 Å². The second-order valence-corrected chi connectivity index (χ2v) is 4.54. The predicted octanol–water partition coefficient (Wildman–Crippen LogP) is 0.607. The van der Waals surface area contributed by atoms with Gasteiger partial charge in [-0.05, 0) is 17.7 Å². The van der Waals surface area contributed by atoms with Crippen LogP contribution in [0, 0.1) is 5.82 Å². The number of carbonyl (C=O) groups is 3. The number of halogens is 2. The normalized spacial score (nSPS) is 11.5. The minimum Gasteiger partial charge on any atom is -0.480 e. The number of carbonyl (C=O) groups excluding carboxylic acids is 2. The molecule has 0 unspecified atom stereocenters. The van der Waals surface area contributed by atoms with E-state index in [1.165, 1.54) is 12.1 Å². The molecule has 5 N–H and O–H groups in total. The van der Waals surface area contributed by atoms with Gasteiger partial charge in [-0.2, -0.15) is 0 Å². The molecule has 0 bridgehead atoms. The lowest BCUT2D eigenvalue weighted by atomic mass is 10.2. The number of primary amides is 1. The topological polar surface area (TPSA) is 122 Å². The molecule has 3 amide bonds. The molecule has 1 aromatic carbocycles. The van der Waals surface area contributed by atoms with Gasteiger partial charge in [0.15, 0.2) is 0 Å². The van der Waals surface area contributed by atoms with Crippen molar-refractivity contribution in [2.45, 2.75) is 19.0 Å². The van der Waals surface area contributed by atoms with Crippen molar-refractivity contribution >= 4 is 29.5 Å². The Morgan fingerprint density at radius 1 is 1.38 bits per heavy atom. The van der Waals surface area contributed by atoms with Gasteiger partial charge in [0.05, 0.1) is 11.4 Å². The lowest BCUT2D eigenvalue weighted by Crippen LogP contribution is -2.47. The number of nitrogens with two attached hydrogens (primary N) is 1. The van der Waals surface area contributed by atoms with Gasteiger partial charge in [0.2, 0.25) is 5.91 Å². The van der Waals surface area contributed by atoms with Gasteiger partial charge in [-0.15, -0.1) is 0 Å². The van der Waals surface area contributed by atoms with Crippen molar-refractivity contribution in [3.8, 4) is 0 Å². The fourth-order valence-electron chi connectivity index (χ4n) is 1.44. The number of urea groups is 1. The van der Waals surface area contributed by atoms with Gasteiger partial charge in [-0.25, -0.2) is 14.0 Å². The number of amides is 3. The maximum atomic E-state index is 12.9. The number of aliphatic carboxylic acids is 1. The summed E-state index contributed by atoms with van der Waals surface area (Å²) in [6.45, 7) is 0.00867. The molecule has 0 aliphatic carbocycles. The Morgan fingerprint density at radius 2 is 2.05 bits per heavy atom. The second-order valence-electron chi connectivity index (χ2n) is 4.14. The summed E-state index contributed by atoms with van der Waals surface area (Å²) in [5.41, 5.74) is 5.40. The third-order valence-electron chi connectivity index (χ3n) is 2.45. The van der Waals surface area contributed by atoms with Crippen LogP contribution in [0.15, 0.2) is 18.2 Å². The van der Waals surface area contributed by atoms with E-state index in [-0.39, 0.29) is 11.6 Å². The molecule has 0 aliphatic rings. The van der Waals surface area contributed by atoms with Crippen LogP contribution in [0.4, 0.5) is 9.18 Å². The van der Waals surface area contributed by atoms with E-state index in [4.69, 9.17) is 22.4 Å². The van der Waals surface area contributed by atoms with Crippen molar-refractivity contribution in [1.29, 1.82) is 0 Å². The van der Waals surface area contributed by atoms with E-state index in [9.17, 15) is 18.8 Å². The Hall–Kier alpha value is -2.35. The first-order valence-corrected chi connectivity index (χ1v) is 6.16. The molecule has 0 aromatic heterocycles. The molecule has 0 spiro atoms. The maximum absolute atomic E-state index is 12.9. The molecular weight excluding hydrogens is 305 g/mol. The van der Waals surface area contributed by atoms with E-state index < -0.39 is 36.2 Å². The molecule has 1 aromatic rings. The summed E-state index contributed by atoms with van der Waals surface area (Å²) in [4.78, 5) is 33.0. The molecule has 9 heteroatoms. The molecule has 114 valence electrons. The van der Waals surface area contributed by atoms with E-state index in [2.05, 4.69) is 10.6 Å². The average Bonchev–Trinajstić information content (AvgIpc) is 2.38. The van der Waals surface area contributed by atoms with Gasteiger partial charge in [-0.3, -0.25) is 4.79 Å². The Balaban J connectivity index is 2.54. The van der Waals surface area contributed by atoms with Crippen molar-refractivity contribution in [2.24, 2.45) is 5.73 Å². The highest BCUT2D eigenvalue weighted by Crippen LogP contribution is 2.15. The summed E-state index contributed by atoms with van der Waals surface area (Å²) in [5.74, 6) is -2.82. The van der Waals surface area contributed by atoms with Crippen molar-refractivity contribution in [1.82, 2.24) is 10.6 Å². The SMILES string of the molecule is NC(=O)C[C@@H](NC(=O)NCc1ccc(F)c(Cl)c1)C(=O)O. The van der Waals surface area contributed by atoms with E-state index in [0.29, 0.717) is 5.56 Å². The highest BCUT2D eigenvalue weighted by atomic mass is 35.5. The minimum absolute atomic E-state index is 0.00867. The van der Waals surface area contributed by atoms with Crippen molar-refractivity contribution in [3.63, 3.8) is 0 Å². The van der Waals surface area contributed by atoms with Crippen LogP contribution in [0.2, 0.25) is 5.02 Å². The highest BCUT2D eigenvalue weighted by molar-refractivity contribution is 6.30. The van der Waals surface area contributed by atoms with E-state index in [1.807, 2.05) is 0 Å². The molecule has 21 heavy (non-hydrogen) atoms. The number of rotatable bonds is 6. The van der Waals surface area contributed by atoms with E-state index in [1.54, 1.807) is 0 Å². The fourth-order valence-corrected chi connectivity index (χ4v) is 1.65. The van der Waals surface area contributed by atoms with Crippen LogP contribution in [-0.2, 0) is 16.1 Å². The number of hydrogen-bond donors (Lipinski definition) is 4. The zero-order valence-electron chi connectivity index (χ0n) is 10.7. The molecule has 1 atom stereocenters. The molecule has 0 aliphatic heterocycles. The van der Waals surface area contributed by atoms with Crippen LogP contribution in [0.5, 0.6) is 0 Å². The third-order valence-corrected chi connectivity index (χ3v) is 2.74. The largest absolute Gasteiger partial charge is 0.480 e. The lowest BCUT2D eigenvalue weighted by molar-refractivity contribution is -0.140. The molecule has 1 rings (SSSR count). The summed E-state index contributed by atoms with van der Waals surface area (Å²) in [6.07, 6.45) is -0.523.